The van der Waals surface area contributed by atoms with Gasteiger partial charge in [0.15, 0.2) is 0 Å². The Labute approximate surface area is 117 Å². The van der Waals surface area contributed by atoms with Gasteiger partial charge in [-0.2, -0.15) is 0 Å². The summed E-state index contributed by atoms with van der Waals surface area (Å²) in [7, 11) is 0. The van der Waals surface area contributed by atoms with E-state index in [2.05, 4.69) is 15.1 Å². The molecule has 1 N–H and O–H groups in total. The third-order valence-corrected chi connectivity index (χ3v) is 5.20. The van der Waals surface area contributed by atoms with Gasteiger partial charge in [0.1, 0.15) is 0 Å². The predicted molar refractivity (Wildman–Crippen MR) is 77.4 cm³/mol. The van der Waals surface area contributed by atoms with E-state index in [1.165, 1.54) is 58.5 Å². The van der Waals surface area contributed by atoms with E-state index in [0.717, 1.165) is 38.1 Å². The van der Waals surface area contributed by atoms with E-state index >= 15 is 0 Å². The van der Waals surface area contributed by atoms with Gasteiger partial charge in [0, 0.05) is 32.7 Å². The molecule has 19 heavy (non-hydrogen) atoms. The Morgan fingerprint density at radius 2 is 1.58 bits per heavy atom. The van der Waals surface area contributed by atoms with Gasteiger partial charge in [-0.3, -0.25) is 4.90 Å². The average Bonchev–Trinajstić information content (AvgIpc) is 2.96. The number of likely N-dealkylation sites (tertiary alicyclic amines) is 1. The van der Waals surface area contributed by atoms with E-state index in [1.807, 2.05) is 0 Å². The molecule has 4 heteroatoms. The summed E-state index contributed by atoms with van der Waals surface area (Å²) in [6.45, 7) is 11.8. The van der Waals surface area contributed by atoms with E-state index in [0.29, 0.717) is 0 Å². The van der Waals surface area contributed by atoms with Crippen LogP contribution in [0.3, 0.4) is 0 Å². The van der Waals surface area contributed by atoms with Crippen LogP contribution in [0.4, 0.5) is 0 Å². The molecule has 3 heterocycles. The SMILES string of the molecule is C1CC(C2CCN(CCN3CCOCC3)C2)CCN1. The zero-order chi connectivity index (χ0) is 12.9. The van der Waals surface area contributed by atoms with Gasteiger partial charge >= 0.3 is 0 Å². The number of nitrogens with zero attached hydrogens (tertiary/aromatic N) is 2. The van der Waals surface area contributed by atoms with Crippen molar-refractivity contribution in [3.63, 3.8) is 0 Å². The highest BCUT2D eigenvalue weighted by Crippen LogP contribution is 2.29. The molecule has 110 valence electrons. The molecule has 0 bridgehead atoms. The number of ether oxygens (including phenoxy) is 1. The first-order valence-corrected chi connectivity index (χ1v) is 8.15. The molecule has 0 spiro atoms. The van der Waals surface area contributed by atoms with E-state index in [1.54, 1.807) is 0 Å². The number of hydrogen-bond acceptors (Lipinski definition) is 4. The van der Waals surface area contributed by atoms with Crippen molar-refractivity contribution in [2.45, 2.75) is 19.3 Å². The fourth-order valence-electron chi connectivity index (χ4n) is 3.87. The zero-order valence-electron chi connectivity index (χ0n) is 12.1. The molecule has 3 aliphatic rings. The fourth-order valence-corrected chi connectivity index (χ4v) is 3.87. The van der Waals surface area contributed by atoms with E-state index < -0.39 is 0 Å². The summed E-state index contributed by atoms with van der Waals surface area (Å²) >= 11 is 0. The maximum absolute atomic E-state index is 5.41. The Morgan fingerprint density at radius 1 is 0.842 bits per heavy atom. The van der Waals surface area contributed by atoms with Crippen LogP contribution < -0.4 is 5.32 Å². The summed E-state index contributed by atoms with van der Waals surface area (Å²) in [4.78, 5) is 5.25. The second-order valence-corrected chi connectivity index (χ2v) is 6.39. The van der Waals surface area contributed by atoms with Crippen molar-refractivity contribution in [1.29, 1.82) is 0 Å². The topological polar surface area (TPSA) is 27.7 Å². The predicted octanol–water partition coefficient (Wildman–Crippen LogP) is 0.640. The summed E-state index contributed by atoms with van der Waals surface area (Å²) < 4.78 is 5.41. The van der Waals surface area contributed by atoms with Crippen molar-refractivity contribution in [3.8, 4) is 0 Å². The van der Waals surface area contributed by atoms with Crippen LogP contribution in [0.1, 0.15) is 19.3 Å². The molecule has 3 rings (SSSR count). The van der Waals surface area contributed by atoms with Crippen LogP contribution >= 0.6 is 0 Å². The second-order valence-electron chi connectivity index (χ2n) is 6.39. The molecule has 0 aromatic rings. The third kappa shape index (κ3) is 3.91. The van der Waals surface area contributed by atoms with Crippen molar-refractivity contribution >= 4 is 0 Å². The molecule has 0 aliphatic carbocycles. The highest BCUT2D eigenvalue weighted by molar-refractivity contribution is 4.84. The van der Waals surface area contributed by atoms with Crippen molar-refractivity contribution in [1.82, 2.24) is 15.1 Å². The van der Waals surface area contributed by atoms with Gasteiger partial charge in [-0.15, -0.1) is 0 Å². The van der Waals surface area contributed by atoms with Crippen molar-refractivity contribution < 1.29 is 4.74 Å². The largest absolute Gasteiger partial charge is 0.379 e. The lowest BCUT2D eigenvalue weighted by molar-refractivity contribution is 0.0341. The van der Waals surface area contributed by atoms with Gasteiger partial charge in [0.05, 0.1) is 13.2 Å². The Kier molecular flexibility index (Phi) is 5.10. The van der Waals surface area contributed by atoms with E-state index in [9.17, 15) is 0 Å². The van der Waals surface area contributed by atoms with Crippen LogP contribution in [0, 0.1) is 11.8 Å². The lowest BCUT2D eigenvalue weighted by Gasteiger charge is -2.30. The Balaban J connectivity index is 1.36. The van der Waals surface area contributed by atoms with Crippen LogP contribution in [-0.4, -0.2) is 75.4 Å². The highest BCUT2D eigenvalue weighted by Gasteiger charge is 2.30. The molecule has 3 saturated heterocycles. The molecule has 1 unspecified atom stereocenters. The van der Waals surface area contributed by atoms with Crippen LogP contribution in [-0.2, 0) is 4.74 Å². The van der Waals surface area contributed by atoms with Gasteiger partial charge in [0.25, 0.3) is 0 Å². The Morgan fingerprint density at radius 3 is 2.37 bits per heavy atom. The molecular weight excluding hydrogens is 238 g/mol. The van der Waals surface area contributed by atoms with Crippen molar-refractivity contribution in [3.05, 3.63) is 0 Å². The maximum atomic E-state index is 5.41. The van der Waals surface area contributed by atoms with Crippen LogP contribution in [0.5, 0.6) is 0 Å². The molecule has 0 saturated carbocycles. The summed E-state index contributed by atoms with van der Waals surface area (Å²) in [5.41, 5.74) is 0. The summed E-state index contributed by atoms with van der Waals surface area (Å²) in [5.74, 6) is 1.97. The number of morpholine rings is 1. The van der Waals surface area contributed by atoms with E-state index in [4.69, 9.17) is 4.74 Å². The molecule has 4 nitrogen and oxygen atoms in total. The molecule has 0 aromatic carbocycles. The van der Waals surface area contributed by atoms with Gasteiger partial charge in [-0.1, -0.05) is 0 Å². The standard InChI is InChI=1S/C15H29N3O/c1-4-16-5-2-14(1)15-3-6-18(13-15)8-7-17-9-11-19-12-10-17/h14-16H,1-13H2. The van der Waals surface area contributed by atoms with Crippen LogP contribution in [0.15, 0.2) is 0 Å². The molecule has 3 aliphatic heterocycles. The summed E-state index contributed by atoms with van der Waals surface area (Å²) in [6.07, 6.45) is 4.25. The number of hydrogen-bond donors (Lipinski definition) is 1. The molecule has 0 radical (unpaired) electrons. The molecule has 0 aromatic heterocycles. The average molecular weight is 267 g/mol. The third-order valence-electron chi connectivity index (χ3n) is 5.20. The molecule has 3 fully saturated rings. The van der Waals surface area contributed by atoms with E-state index in [-0.39, 0.29) is 0 Å². The Hall–Kier alpha value is -0.160. The van der Waals surface area contributed by atoms with Gasteiger partial charge < -0.3 is 15.0 Å². The minimum absolute atomic E-state index is 0.928. The monoisotopic (exact) mass is 267 g/mol. The fraction of sp³-hybridized carbons (Fsp3) is 1.00. The first kappa shape index (κ1) is 13.8. The normalized spacial score (nSPS) is 31.9. The van der Waals surface area contributed by atoms with Gasteiger partial charge in [-0.25, -0.2) is 0 Å². The minimum atomic E-state index is 0.928. The number of nitrogens with one attached hydrogen (secondary N) is 1. The molecule has 1 atom stereocenters. The molecule has 0 amide bonds. The number of piperidine rings is 1. The van der Waals surface area contributed by atoms with Crippen molar-refractivity contribution in [2.24, 2.45) is 11.8 Å². The molecular formula is C15H29N3O. The Bertz CT molecular complexity index is 262. The maximum Gasteiger partial charge on any atom is 0.0594 e. The zero-order valence-corrected chi connectivity index (χ0v) is 12.1. The first-order valence-electron chi connectivity index (χ1n) is 8.15. The quantitative estimate of drug-likeness (QED) is 0.809. The lowest BCUT2D eigenvalue weighted by atomic mass is 9.84. The van der Waals surface area contributed by atoms with Gasteiger partial charge in [-0.05, 0) is 50.7 Å². The lowest BCUT2D eigenvalue weighted by Crippen LogP contribution is -2.41. The number of rotatable bonds is 4. The summed E-state index contributed by atoms with van der Waals surface area (Å²) in [5, 5.41) is 3.49. The second kappa shape index (κ2) is 7.02. The van der Waals surface area contributed by atoms with Crippen LogP contribution in [0.2, 0.25) is 0 Å². The van der Waals surface area contributed by atoms with Gasteiger partial charge in [0.2, 0.25) is 0 Å². The highest BCUT2D eigenvalue weighted by atomic mass is 16.5. The van der Waals surface area contributed by atoms with Crippen LogP contribution in [0.25, 0.3) is 0 Å². The smallest absolute Gasteiger partial charge is 0.0594 e. The first-order chi connectivity index (χ1) is 9.42. The van der Waals surface area contributed by atoms with Crippen molar-refractivity contribution in [2.75, 3.05) is 65.6 Å². The summed E-state index contributed by atoms with van der Waals surface area (Å²) in [6, 6.07) is 0. The minimum Gasteiger partial charge on any atom is -0.379 e.